The molecule has 0 aromatic carbocycles. The summed E-state index contributed by atoms with van der Waals surface area (Å²) < 4.78 is 3.18. The van der Waals surface area contributed by atoms with Gasteiger partial charge in [0.2, 0.25) is 5.91 Å². The van der Waals surface area contributed by atoms with Crippen LogP contribution in [0, 0.1) is 6.92 Å². The van der Waals surface area contributed by atoms with Crippen LogP contribution in [0.5, 0.6) is 0 Å². The molecule has 0 aliphatic heterocycles. The summed E-state index contributed by atoms with van der Waals surface area (Å²) >= 11 is 1.10. The van der Waals surface area contributed by atoms with Gasteiger partial charge in [0.1, 0.15) is 12.4 Å². The second-order valence-electron chi connectivity index (χ2n) is 4.53. The van der Waals surface area contributed by atoms with E-state index in [1.807, 2.05) is 20.8 Å². The maximum Gasteiger partial charge on any atom is 0.307 e. The fourth-order valence-corrected chi connectivity index (χ4v) is 2.48. The summed E-state index contributed by atoms with van der Waals surface area (Å²) in [5.41, 5.74) is 0.794. The van der Waals surface area contributed by atoms with Crippen molar-refractivity contribution < 1.29 is 4.79 Å². The zero-order valence-electron chi connectivity index (χ0n) is 11.1. The van der Waals surface area contributed by atoms with E-state index in [-0.39, 0.29) is 23.4 Å². The average molecular weight is 280 g/mol. The lowest BCUT2D eigenvalue weighted by Gasteiger charge is -2.12. The molecule has 1 amide bonds. The van der Waals surface area contributed by atoms with Crippen molar-refractivity contribution in [3.63, 3.8) is 0 Å². The highest BCUT2D eigenvalue weighted by atomic mass is 32.1. The summed E-state index contributed by atoms with van der Waals surface area (Å²) in [6.07, 6.45) is 1.64. The van der Waals surface area contributed by atoms with Gasteiger partial charge in [0, 0.05) is 23.2 Å². The lowest BCUT2D eigenvalue weighted by molar-refractivity contribution is -0.116. The molecule has 7 heteroatoms. The number of hydrogen-bond donors (Lipinski definition) is 1. The standard InChI is InChI=1S/C12H16N4O2S/c1-8(2)16-10(4-5-13-16)14-11(17)6-15-9(3)7-19-12(15)18/h4-5,7-8H,6H2,1-3H3,(H,14,17). The van der Waals surface area contributed by atoms with E-state index >= 15 is 0 Å². The molecular formula is C12H16N4O2S. The quantitative estimate of drug-likeness (QED) is 0.925. The number of nitrogens with one attached hydrogen (secondary N) is 1. The summed E-state index contributed by atoms with van der Waals surface area (Å²) in [7, 11) is 0. The molecule has 0 saturated carbocycles. The van der Waals surface area contributed by atoms with Gasteiger partial charge in [-0.1, -0.05) is 11.3 Å². The number of hydrogen-bond acceptors (Lipinski definition) is 4. The zero-order chi connectivity index (χ0) is 14.0. The van der Waals surface area contributed by atoms with E-state index in [0.29, 0.717) is 5.82 Å². The molecule has 0 spiro atoms. The number of thiazole rings is 1. The first-order chi connectivity index (χ1) is 8.99. The number of rotatable bonds is 4. The normalized spacial score (nSPS) is 10.9. The minimum atomic E-state index is -0.231. The fourth-order valence-electron chi connectivity index (χ4n) is 1.75. The van der Waals surface area contributed by atoms with E-state index in [4.69, 9.17) is 0 Å². The number of carbonyl (C=O) groups is 1. The Morgan fingerprint density at radius 3 is 2.84 bits per heavy atom. The van der Waals surface area contributed by atoms with Crippen molar-refractivity contribution >= 4 is 23.1 Å². The topological polar surface area (TPSA) is 68.9 Å². The summed E-state index contributed by atoms with van der Waals surface area (Å²) in [5.74, 6) is 0.409. The van der Waals surface area contributed by atoms with Gasteiger partial charge in [-0.2, -0.15) is 5.10 Å². The van der Waals surface area contributed by atoms with Crippen LogP contribution in [0.15, 0.2) is 22.4 Å². The number of carbonyl (C=O) groups excluding carboxylic acids is 1. The molecule has 0 bridgehead atoms. The van der Waals surface area contributed by atoms with E-state index < -0.39 is 0 Å². The van der Waals surface area contributed by atoms with Gasteiger partial charge in [0.05, 0.1) is 6.20 Å². The first kappa shape index (κ1) is 13.5. The summed E-state index contributed by atoms with van der Waals surface area (Å²) in [6.45, 7) is 5.80. The average Bonchev–Trinajstić information content (AvgIpc) is 2.91. The van der Waals surface area contributed by atoms with Crippen LogP contribution in [0.25, 0.3) is 0 Å². The molecule has 0 unspecified atom stereocenters. The fraction of sp³-hybridized carbons (Fsp3) is 0.417. The number of nitrogens with zero attached hydrogens (tertiary/aromatic N) is 3. The van der Waals surface area contributed by atoms with Crippen LogP contribution < -0.4 is 10.2 Å². The Bertz CT molecular complexity index is 638. The summed E-state index contributed by atoms with van der Waals surface area (Å²) in [4.78, 5) is 23.4. The Hall–Kier alpha value is -1.89. The van der Waals surface area contributed by atoms with Crippen molar-refractivity contribution in [2.45, 2.75) is 33.4 Å². The van der Waals surface area contributed by atoms with Crippen molar-refractivity contribution in [2.24, 2.45) is 0 Å². The van der Waals surface area contributed by atoms with Crippen molar-refractivity contribution in [1.82, 2.24) is 14.3 Å². The molecule has 2 rings (SSSR count). The van der Waals surface area contributed by atoms with Crippen LogP contribution in [0.3, 0.4) is 0 Å². The molecule has 0 aliphatic rings. The Morgan fingerprint density at radius 2 is 2.26 bits per heavy atom. The maximum atomic E-state index is 11.9. The largest absolute Gasteiger partial charge is 0.309 e. The van der Waals surface area contributed by atoms with E-state index in [1.54, 1.807) is 22.3 Å². The molecule has 0 radical (unpaired) electrons. The Labute approximate surface area is 114 Å². The molecule has 2 aromatic rings. The highest BCUT2D eigenvalue weighted by molar-refractivity contribution is 7.07. The van der Waals surface area contributed by atoms with Gasteiger partial charge in [-0.25, -0.2) is 4.68 Å². The van der Waals surface area contributed by atoms with Crippen LogP contribution in [0.4, 0.5) is 5.82 Å². The second-order valence-corrected chi connectivity index (χ2v) is 5.35. The smallest absolute Gasteiger partial charge is 0.307 e. The first-order valence-electron chi connectivity index (χ1n) is 5.97. The van der Waals surface area contributed by atoms with Gasteiger partial charge in [0.25, 0.3) is 0 Å². The van der Waals surface area contributed by atoms with Gasteiger partial charge in [-0.15, -0.1) is 0 Å². The monoisotopic (exact) mass is 280 g/mol. The summed E-state index contributed by atoms with van der Waals surface area (Å²) in [5, 5.41) is 8.65. The number of aromatic nitrogens is 3. The van der Waals surface area contributed by atoms with Crippen LogP contribution in [-0.2, 0) is 11.3 Å². The van der Waals surface area contributed by atoms with Crippen molar-refractivity contribution in [3.8, 4) is 0 Å². The minimum absolute atomic E-state index is 0.0252. The molecule has 102 valence electrons. The Kier molecular flexibility index (Phi) is 3.84. The van der Waals surface area contributed by atoms with Crippen molar-refractivity contribution in [1.29, 1.82) is 0 Å². The lowest BCUT2D eigenvalue weighted by atomic mass is 10.4. The van der Waals surface area contributed by atoms with E-state index in [1.165, 1.54) is 4.57 Å². The van der Waals surface area contributed by atoms with Crippen LogP contribution in [0.1, 0.15) is 25.6 Å². The van der Waals surface area contributed by atoms with E-state index in [9.17, 15) is 9.59 Å². The van der Waals surface area contributed by atoms with Crippen molar-refractivity contribution in [2.75, 3.05) is 5.32 Å². The second kappa shape index (κ2) is 5.40. The predicted molar refractivity (Wildman–Crippen MR) is 74.6 cm³/mol. The molecule has 19 heavy (non-hydrogen) atoms. The molecule has 6 nitrogen and oxygen atoms in total. The van der Waals surface area contributed by atoms with Gasteiger partial charge in [0.15, 0.2) is 0 Å². The lowest BCUT2D eigenvalue weighted by Crippen LogP contribution is -2.26. The van der Waals surface area contributed by atoms with Gasteiger partial charge in [-0.3, -0.25) is 14.2 Å². The molecule has 0 atom stereocenters. The van der Waals surface area contributed by atoms with E-state index in [0.717, 1.165) is 17.0 Å². The third kappa shape index (κ3) is 2.93. The molecule has 2 aromatic heterocycles. The Morgan fingerprint density at radius 1 is 1.53 bits per heavy atom. The van der Waals surface area contributed by atoms with Crippen LogP contribution >= 0.6 is 11.3 Å². The zero-order valence-corrected chi connectivity index (χ0v) is 11.9. The number of aryl methyl sites for hydroxylation is 1. The molecule has 2 heterocycles. The van der Waals surface area contributed by atoms with E-state index in [2.05, 4.69) is 10.4 Å². The number of anilines is 1. The molecular weight excluding hydrogens is 264 g/mol. The van der Waals surface area contributed by atoms with Crippen LogP contribution in [0.2, 0.25) is 0 Å². The first-order valence-corrected chi connectivity index (χ1v) is 6.85. The number of amides is 1. The third-order valence-electron chi connectivity index (χ3n) is 2.71. The predicted octanol–water partition coefficient (Wildman–Crippen LogP) is 1.63. The molecule has 1 N–H and O–H groups in total. The third-order valence-corrected chi connectivity index (χ3v) is 3.59. The molecule has 0 saturated heterocycles. The van der Waals surface area contributed by atoms with Gasteiger partial charge >= 0.3 is 4.87 Å². The summed E-state index contributed by atoms with van der Waals surface area (Å²) in [6, 6.07) is 1.90. The highest BCUT2D eigenvalue weighted by Crippen LogP contribution is 2.13. The Balaban J connectivity index is 2.10. The van der Waals surface area contributed by atoms with Gasteiger partial charge < -0.3 is 5.32 Å². The minimum Gasteiger partial charge on any atom is -0.309 e. The SMILES string of the molecule is Cc1csc(=O)n1CC(=O)Nc1ccnn1C(C)C. The maximum absolute atomic E-state index is 11.9. The molecule has 0 aliphatic carbocycles. The van der Waals surface area contributed by atoms with Gasteiger partial charge in [-0.05, 0) is 20.8 Å². The van der Waals surface area contributed by atoms with Crippen molar-refractivity contribution in [3.05, 3.63) is 33.0 Å². The highest BCUT2D eigenvalue weighted by Gasteiger charge is 2.12. The molecule has 0 fully saturated rings. The van der Waals surface area contributed by atoms with Crippen LogP contribution in [-0.4, -0.2) is 20.3 Å².